The molecule has 3 heterocycles. The molecule has 0 unspecified atom stereocenters. The second-order valence-electron chi connectivity index (χ2n) is 9.82. The Kier molecular flexibility index (Phi) is 8.39. The predicted molar refractivity (Wildman–Crippen MR) is 143 cm³/mol. The number of carbonyl (C=O) groups is 2. The van der Waals surface area contributed by atoms with Crippen molar-refractivity contribution in [3.8, 4) is 0 Å². The summed E-state index contributed by atoms with van der Waals surface area (Å²) in [5.41, 5.74) is 2.45. The summed E-state index contributed by atoms with van der Waals surface area (Å²) in [6, 6.07) is 14.4. The molecule has 0 aliphatic carbocycles. The molecular formula is C30H32N2O7. The van der Waals surface area contributed by atoms with Crippen LogP contribution in [0.15, 0.2) is 75.8 Å². The average Bonchev–Trinajstić information content (AvgIpc) is 3.38. The van der Waals surface area contributed by atoms with E-state index in [9.17, 15) is 19.5 Å². The molecule has 2 N–H and O–H groups in total. The molecule has 2 amide bonds. The van der Waals surface area contributed by atoms with Crippen LogP contribution >= 0.6 is 0 Å². The molecule has 0 bridgehead atoms. The number of benzene rings is 2. The predicted octanol–water partition coefficient (Wildman–Crippen LogP) is 3.34. The number of allylic oxidation sites excluding steroid dienone is 1. The van der Waals surface area contributed by atoms with Crippen molar-refractivity contribution in [2.45, 2.75) is 51.1 Å². The number of para-hydroxylation sites is 1. The maximum atomic E-state index is 13.3. The van der Waals surface area contributed by atoms with E-state index in [4.69, 9.17) is 13.9 Å². The first-order chi connectivity index (χ1) is 19.0. The molecule has 0 spiro atoms. The summed E-state index contributed by atoms with van der Waals surface area (Å²) in [6.45, 7) is 1.93. The SMILES string of the molecule is O=C(NCCCN1CCCC1=O)C1=C[C@@H](c2coc3ccccc3c2=O)C[C@@H](OCc2ccc(CO)cc2)O1. The first-order valence-electron chi connectivity index (χ1n) is 13.3. The molecule has 2 aliphatic rings. The number of aliphatic hydroxyl groups is 1. The van der Waals surface area contributed by atoms with Crippen LogP contribution in [0.4, 0.5) is 0 Å². The van der Waals surface area contributed by atoms with Crippen LogP contribution in [-0.2, 0) is 32.3 Å². The third kappa shape index (κ3) is 6.38. The van der Waals surface area contributed by atoms with Gasteiger partial charge in [-0.15, -0.1) is 0 Å². The van der Waals surface area contributed by atoms with Crippen molar-refractivity contribution in [2.24, 2.45) is 0 Å². The lowest BCUT2D eigenvalue weighted by atomic mass is 9.93. The quantitative estimate of drug-likeness (QED) is 0.385. The van der Waals surface area contributed by atoms with Gasteiger partial charge in [-0.05, 0) is 42.2 Å². The number of nitrogens with zero attached hydrogens (tertiary/aromatic N) is 1. The highest BCUT2D eigenvalue weighted by Gasteiger charge is 2.31. The van der Waals surface area contributed by atoms with E-state index < -0.39 is 18.1 Å². The highest BCUT2D eigenvalue weighted by Crippen LogP contribution is 2.31. The minimum absolute atomic E-state index is 0.0412. The molecule has 204 valence electrons. The first-order valence-corrected chi connectivity index (χ1v) is 13.3. The Labute approximate surface area is 226 Å². The fourth-order valence-corrected chi connectivity index (χ4v) is 4.91. The molecule has 9 heteroatoms. The zero-order chi connectivity index (χ0) is 27.2. The third-order valence-corrected chi connectivity index (χ3v) is 7.09. The summed E-state index contributed by atoms with van der Waals surface area (Å²) in [5.74, 6) is -0.623. The topological polar surface area (TPSA) is 118 Å². The van der Waals surface area contributed by atoms with Crippen LogP contribution in [0.2, 0.25) is 0 Å². The summed E-state index contributed by atoms with van der Waals surface area (Å²) in [5, 5.41) is 12.6. The maximum absolute atomic E-state index is 13.3. The molecule has 9 nitrogen and oxygen atoms in total. The molecule has 2 aromatic carbocycles. The summed E-state index contributed by atoms with van der Waals surface area (Å²) in [6.07, 6.45) is 4.75. The van der Waals surface area contributed by atoms with E-state index >= 15 is 0 Å². The molecule has 2 atom stereocenters. The lowest BCUT2D eigenvalue weighted by Crippen LogP contribution is -2.35. The van der Waals surface area contributed by atoms with Crippen LogP contribution in [0.5, 0.6) is 0 Å². The Bertz CT molecular complexity index is 1410. The van der Waals surface area contributed by atoms with Crippen molar-refractivity contribution < 1.29 is 28.6 Å². The fraction of sp³-hybridized carbons (Fsp3) is 0.367. The van der Waals surface area contributed by atoms with Crippen molar-refractivity contribution in [2.75, 3.05) is 19.6 Å². The van der Waals surface area contributed by atoms with E-state index in [1.54, 1.807) is 30.3 Å². The Balaban J connectivity index is 1.30. The van der Waals surface area contributed by atoms with Gasteiger partial charge in [0.2, 0.25) is 12.2 Å². The van der Waals surface area contributed by atoms with Gasteiger partial charge in [-0.25, -0.2) is 0 Å². The number of hydrogen-bond donors (Lipinski definition) is 2. The zero-order valence-corrected chi connectivity index (χ0v) is 21.6. The Hall–Kier alpha value is -3.95. The molecular weight excluding hydrogens is 500 g/mol. The van der Waals surface area contributed by atoms with E-state index in [2.05, 4.69) is 5.32 Å². The molecule has 1 saturated heterocycles. The number of carbonyl (C=O) groups excluding carboxylic acids is 2. The standard InChI is InChI=1S/C30H32N2O7/c33-17-20-8-10-21(11-9-20)18-38-28-16-22(24-19-37-25-6-2-1-5-23(25)29(24)35)15-26(39-28)30(36)31-12-4-14-32-13-3-7-27(32)34/h1-2,5-6,8-11,15,19,22,28,33H,3-4,7,12-14,16-18H2,(H,31,36)/t22-,28+/m1/s1. The van der Waals surface area contributed by atoms with Crippen molar-refractivity contribution in [3.63, 3.8) is 0 Å². The Morgan fingerprint density at radius 3 is 2.67 bits per heavy atom. The van der Waals surface area contributed by atoms with Gasteiger partial charge in [-0.3, -0.25) is 14.4 Å². The number of aliphatic hydroxyl groups excluding tert-OH is 1. The van der Waals surface area contributed by atoms with Crippen LogP contribution < -0.4 is 10.7 Å². The minimum atomic E-state index is -0.772. The largest absolute Gasteiger partial charge is 0.464 e. The molecule has 39 heavy (non-hydrogen) atoms. The molecule has 3 aromatic rings. The van der Waals surface area contributed by atoms with Crippen LogP contribution in [-0.4, -0.2) is 47.7 Å². The second-order valence-corrected chi connectivity index (χ2v) is 9.82. The highest BCUT2D eigenvalue weighted by molar-refractivity contribution is 5.91. The van der Waals surface area contributed by atoms with Crippen molar-refractivity contribution >= 4 is 22.8 Å². The van der Waals surface area contributed by atoms with Crippen molar-refractivity contribution in [3.05, 3.63) is 93.5 Å². The van der Waals surface area contributed by atoms with E-state index in [-0.39, 0.29) is 30.3 Å². The average molecular weight is 533 g/mol. The number of amides is 2. The molecule has 5 rings (SSSR count). The third-order valence-electron chi connectivity index (χ3n) is 7.09. The lowest BCUT2D eigenvalue weighted by molar-refractivity contribution is -0.150. The molecule has 1 aromatic heterocycles. The zero-order valence-electron chi connectivity index (χ0n) is 21.6. The van der Waals surface area contributed by atoms with Crippen molar-refractivity contribution in [1.29, 1.82) is 0 Å². The minimum Gasteiger partial charge on any atom is -0.464 e. The molecule has 0 radical (unpaired) electrons. The van der Waals surface area contributed by atoms with E-state index in [0.29, 0.717) is 48.9 Å². The second kappa shape index (κ2) is 12.3. The first kappa shape index (κ1) is 26.6. The summed E-state index contributed by atoms with van der Waals surface area (Å²) >= 11 is 0. The number of ether oxygens (including phenoxy) is 2. The number of likely N-dealkylation sites (tertiary alicyclic amines) is 1. The summed E-state index contributed by atoms with van der Waals surface area (Å²) in [7, 11) is 0. The van der Waals surface area contributed by atoms with Gasteiger partial charge in [-0.1, -0.05) is 36.4 Å². The fourth-order valence-electron chi connectivity index (χ4n) is 4.91. The smallest absolute Gasteiger partial charge is 0.286 e. The Morgan fingerprint density at radius 1 is 1.10 bits per heavy atom. The van der Waals surface area contributed by atoms with Crippen LogP contribution in [0, 0.1) is 0 Å². The normalized spacial score (nSPS) is 19.2. The van der Waals surface area contributed by atoms with Gasteiger partial charge in [0.25, 0.3) is 5.91 Å². The van der Waals surface area contributed by atoms with Gasteiger partial charge in [-0.2, -0.15) is 0 Å². The van der Waals surface area contributed by atoms with Gasteiger partial charge in [0.1, 0.15) is 5.58 Å². The van der Waals surface area contributed by atoms with Crippen molar-refractivity contribution in [1.82, 2.24) is 10.2 Å². The van der Waals surface area contributed by atoms with Crippen LogP contribution in [0.1, 0.15) is 48.3 Å². The lowest BCUT2D eigenvalue weighted by Gasteiger charge is -2.29. The summed E-state index contributed by atoms with van der Waals surface area (Å²) in [4.78, 5) is 40.0. The maximum Gasteiger partial charge on any atom is 0.286 e. The van der Waals surface area contributed by atoms with Gasteiger partial charge < -0.3 is 29.2 Å². The van der Waals surface area contributed by atoms with Gasteiger partial charge in [0, 0.05) is 44.0 Å². The monoisotopic (exact) mass is 532 g/mol. The van der Waals surface area contributed by atoms with Gasteiger partial charge in [0.15, 0.2) is 11.2 Å². The van der Waals surface area contributed by atoms with Crippen LogP contribution in [0.3, 0.4) is 0 Å². The van der Waals surface area contributed by atoms with E-state index in [1.165, 1.54) is 6.26 Å². The number of rotatable bonds is 10. The Morgan fingerprint density at radius 2 is 1.90 bits per heavy atom. The number of nitrogens with one attached hydrogen (secondary N) is 1. The number of fused-ring (bicyclic) bond motifs is 1. The highest BCUT2D eigenvalue weighted by atomic mass is 16.7. The van der Waals surface area contributed by atoms with Crippen LogP contribution in [0.25, 0.3) is 11.0 Å². The molecule has 2 aliphatic heterocycles. The molecule has 0 saturated carbocycles. The van der Waals surface area contributed by atoms with Gasteiger partial charge >= 0.3 is 0 Å². The summed E-state index contributed by atoms with van der Waals surface area (Å²) < 4.78 is 17.7. The molecule has 1 fully saturated rings. The number of hydrogen-bond acceptors (Lipinski definition) is 7. The van der Waals surface area contributed by atoms with Gasteiger partial charge in [0.05, 0.1) is 24.9 Å². The van der Waals surface area contributed by atoms with E-state index in [0.717, 1.165) is 24.1 Å². The van der Waals surface area contributed by atoms with E-state index in [1.807, 2.05) is 29.2 Å².